The lowest BCUT2D eigenvalue weighted by Gasteiger charge is -2.23. The van der Waals surface area contributed by atoms with Crippen LogP contribution in [0.1, 0.15) is 19.8 Å². The number of carbonyl (C=O) groups is 1. The molecule has 2 aromatic carbocycles. The van der Waals surface area contributed by atoms with Gasteiger partial charge in [-0.25, -0.2) is 8.42 Å². The van der Waals surface area contributed by atoms with E-state index in [2.05, 4.69) is 5.32 Å². The lowest BCUT2D eigenvalue weighted by Crippen LogP contribution is -2.35. The summed E-state index contributed by atoms with van der Waals surface area (Å²) in [7, 11) is -3.64. The summed E-state index contributed by atoms with van der Waals surface area (Å²) in [5.41, 5.74) is 0.534. The van der Waals surface area contributed by atoms with Crippen LogP contribution in [0.4, 0.5) is 5.69 Å². The number of ether oxygens (including phenoxy) is 2. The monoisotopic (exact) mass is 418 g/mol. The second kappa shape index (κ2) is 9.76. The van der Waals surface area contributed by atoms with Crippen molar-refractivity contribution in [2.45, 2.75) is 30.8 Å². The molecule has 2 aromatic rings. The Morgan fingerprint density at radius 3 is 2.52 bits per heavy atom. The van der Waals surface area contributed by atoms with Crippen LogP contribution in [-0.4, -0.2) is 46.7 Å². The molecule has 1 unspecified atom stereocenters. The second-order valence-corrected chi connectivity index (χ2v) is 8.57. The molecule has 7 nitrogen and oxygen atoms in total. The number of anilines is 1. The minimum Gasteiger partial charge on any atom is -0.484 e. The molecule has 0 radical (unpaired) electrons. The van der Waals surface area contributed by atoms with E-state index in [1.807, 2.05) is 0 Å². The van der Waals surface area contributed by atoms with E-state index in [0.29, 0.717) is 24.5 Å². The zero-order valence-corrected chi connectivity index (χ0v) is 17.2. The van der Waals surface area contributed by atoms with Crippen molar-refractivity contribution in [3.8, 4) is 5.75 Å². The van der Waals surface area contributed by atoms with Gasteiger partial charge >= 0.3 is 0 Å². The van der Waals surface area contributed by atoms with E-state index in [-0.39, 0.29) is 23.5 Å². The quantitative estimate of drug-likeness (QED) is 0.677. The summed E-state index contributed by atoms with van der Waals surface area (Å²) in [6, 6.07) is 15.0. The molecule has 1 aliphatic heterocycles. The number of amides is 1. The van der Waals surface area contributed by atoms with Crippen LogP contribution in [0, 0.1) is 0 Å². The number of rotatable bonds is 9. The Morgan fingerprint density at radius 2 is 1.90 bits per heavy atom. The molecule has 1 aliphatic rings. The van der Waals surface area contributed by atoms with Crippen LogP contribution in [0.25, 0.3) is 0 Å². The molecule has 1 amide bonds. The fourth-order valence-corrected chi connectivity index (χ4v) is 4.65. The zero-order valence-electron chi connectivity index (χ0n) is 16.4. The first-order valence-electron chi connectivity index (χ1n) is 9.69. The minimum absolute atomic E-state index is 0.0878. The van der Waals surface area contributed by atoms with Gasteiger partial charge in [-0.2, -0.15) is 0 Å². The van der Waals surface area contributed by atoms with E-state index >= 15 is 0 Å². The van der Waals surface area contributed by atoms with E-state index in [1.165, 1.54) is 4.31 Å². The molecular weight excluding hydrogens is 392 g/mol. The fourth-order valence-electron chi connectivity index (χ4n) is 3.15. The average Bonchev–Trinajstić information content (AvgIpc) is 3.26. The Balaban J connectivity index is 1.57. The molecule has 0 bridgehead atoms. The highest BCUT2D eigenvalue weighted by molar-refractivity contribution is 7.92. The number of benzene rings is 2. The minimum atomic E-state index is -3.64. The van der Waals surface area contributed by atoms with Gasteiger partial charge in [-0.05, 0) is 56.2 Å². The summed E-state index contributed by atoms with van der Waals surface area (Å²) >= 11 is 0. The number of sulfonamides is 1. The lowest BCUT2D eigenvalue weighted by atomic mass is 10.2. The number of hydrogen-bond donors (Lipinski definition) is 1. The first-order valence-corrected chi connectivity index (χ1v) is 11.1. The fraction of sp³-hybridized carbons (Fsp3) is 0.381. The van der Waals surface area contributed by atoms with Gasteiger partial charge in [0.05, 0.1) is 16.7 Å². The standard InChI is InChI=1S/C21H26N2O5S/c1-2-23(29(25,26)20-8-4-3-5-9-20)17-10-12-18(13-11-17)28-16-21(24)22-15-19-7-6-14-27-19/h3-5,8-13,19H,2,6-7,14-16H2,1H3,(H,22,24). The summed E-state index contributed by atoms with van der Waals surface area (Å²) < 4.78 is 38.0. The topological polar surface area (TPSA) is 84.9 Å². The summed E-state index contributed by atoms with van der Waals surface area (Å²) in [5.74, 6) is 0.278. The van der Waals surface area contributed by atoms with E-state index in [1.54, 1.807) is 61.5 Å². The maximum Gasteiger partial charge on any atom is 0.264 e. The Morgan fingerprint density at radius 1 is 1.17 bits per heavy atom. The van der Waals surface area contributed by atoms with Crippen molar-refractivity contribution in [2.75, 3.05) is 30.6 Å². The SMILES string of the molecule is CCN(c1ccc(OCC(=O)NCC2CCCO2)cc1)S(=O)(=O)c1ccccc1. The van der Waals surface area contributed by atoms with Gasteiger partial charge < -0.3 is 14.8 Å². The van der Waals surface area contributed by atoms with Crippen molar-refractivity contribution >= 4 is 21.6 Å². The Kier molecular flexibility index (Phi) is 7.11. The molecule has 0 saturated carbocycles. The number of carbonyl (C=O) groups excluding carboxylic acids is 1. The van der Waals surface area contributed by atoms with E-state index in [0.717, 1.165) is 19.4 Å². The van der Waals surface area contributed by atoms with Crippen LogP contribution in [0.3, 0.4) is 0 Å². The largest absolute Gasteiger partial charge is 0.484 e. The predicted molar refractivity (Wildman–Crippen MR) is 111 cm³/mol. The van der Waals surface area contributed by atoms with Crippen molar-refractivity contribution in [2.24, 2.45) is 0 Å². The smallest absolute Gasteiger partial charge is 0.264 e. The second-order valence-electron chi connectivity index (χ2n) is 6.70. The van der Waals surface area contributed by atoms with Gasteiger partial charge in [0, 0.05) is 19.7 Å². The highest BCUT2D eigenvalue weighted by Gasteiger charge is 2.23. The summed E-state index contributed by atoms with van der Waals surface area (Å²) in [4.78, 5) is 12.1. The van der Waals surface area contributed by atoms with Gasteiger partial charge in [-0.15, -0.1) is 0 Å². The molecule has 1 N–H and O–H groups in total. The van der Waals surface area contributed by atoms with Crippen molar-refractivity contribution < 1.29 is 22.7 Å². The normalized spacial score (nSPS) is 16.4. The molecule has 1 saturated heterocycles. The van der Waals surface area contributed by atoms with Crippen LogP contribution in [0.2, 0.25) is 0 Å². The van der Waals surface area contributed by atoms with Gasteiger partial charge in [0.15, 0.2) is 6.61 Å². The summed E-state index contributed by atoms with van der Waals surface area (Å²) in [6.07, 6.45) is 2.07. The van der Waals surface area contributed by atoms with Crippen LogP contribution in [0.15, 0.2) is 59.5 Å². The number of nitrogens with one attached hydrogen (secondary N) is 1. The Bertz CT molecular complexity index is 894. The molecule has 3 rings (SSSR count). The average molecular weight is 419 g/mol. The van der Waals surface area contributed by atoms with Crippen molar-refractivity contribution in [1.82, 2.24) is 5.32 Å². The molecule has 1 heterocycles. The van der Waals surface area contributed by atoms with Crippen LogP contribution < -0.4 is 14.4 Å². The third kappa shape index (κ3) is 5.48. The maximum absolute atomic E-state index is 12.9. The molecule has 1 atom stereocenters. The van der Waals surface area contributed by atoms with E-state index < -0.39 is 10.0 Å². The highest BCUT2D eigenvalue weighted by Crippen LogP contribution is 2.25. The Labute approximate surface area is 171 Å². The maximum atomic E-state index is 12.9. The molecule has 0 aromatic heterocycles. The highest BCUT2D eigenvalue weighted by atomic mass is 32.2. The Hall–Kier alpha value is -2.58. The van der Waals surface area contributed by atoms with Crippen LogP contribution in [0.5, 0.6) is 5.75 Å². The van der Waals surface area contributed by atoms with Crippen LogP contribution in [-0.2, 0) is 19.6 Å². The molecular formula is C21H26N2O5S. The van der Waals surface area contributed by atoms with E-state index in [9.17, 15) is 13.2 Å². The summed E-state index contributed by atoms with van der Waals surface area (Å²) in [6.45, 7) is 3.21. The molecule has 29 heavy (non-hydrogen) atoms. The van der Waals surface area contributed by atoms with Gasteiger partial charge in [-0.3, -0.25) is 9.10 Å². The van der Waals surface area contributed by atoms with Crippen molar-refractivity contribution in [1.29, 1.82) is 0 Å². The van der Waals surface area contributed by atoms with Gasteiger partial charge in [0.25, 0.3) is 15.9 Å². The predicted octanol–water partition coefficient (Wildman–Crippen LogP) is 2.58. The number of nitrogens with zero attached hydrogens (tertiary/aromatic N) is 1. The third-order valence-corrected chi connectivity index (χ3v) is 6.58. The molecule has 156 valence electrons. The van der Waals surface area contributed by atoms with Crippen molar-refractivity contribution in [3.05, 3.63) is 54.6 Å². The van der Waals surface area contributed by atoms with E-state index in [4.69, 9.17) is 9.47 Å². The first kappa shape index (κ1) is 21.1. The molecule has 1 fully saturated rings. The molecule has 0 spiro atoms. The van der Waals surface area contributed by atoms with Crippen LogP contribution >= 0.6 is 0 Å². The molecule has 0 aliphatic carbocycles. The van der Waals surface area contributed by atoms with Gasteiger partial charge in [0.1, 0.15) is 5.75 Å². The molecule has 8 heteroatoms. The summed E-state index contributed by atoms with van der Waals surface area (Å²) in [5, 5.41) is 2.80. The lowest BCUT2D eigenvalue weighted by molar-refractivity contribution is -0.123. The van der Waals surface area contributed by atoms with Gasteiger partial charge in [-0.1, -0.05) is 18.2 Å². The number of hydrogen-bond acceptors (Lipinski definition) is 5. The van der Waals surface area contributed by atoms with Gasteiger partial charge in [0.2, 0.25) is 0 Å². The first-order chi connectivity index (χ1) is 14.0. The third-order valence-electron chi connectivity index (χ3n) is 4.66. The zero-order chi connectivity index (χ0) is 20.7. The van der Waals surface area contributed by atoms with Crippen molar-refractivity contribution in [3.63, 3.8) is 0 Å².